The molecule has 43 heavy (non-hydrogen) atoms. The van der Waals surface area contributed by atoms with Crippen molar-refractivity contribution in [3.8, 4) is 11.5 Å². The largest absolute Gasteiger partial charge is 0.504 e. The molecular weight excluding hydrogens is 656 g/mol. The molecule has 0 aromatic carbocycles. The molecule has 0 amide bonds. The number of aromatic hydroxyl groups is 2. The molecule has 0 saturated carbocycles. The van der Waals surface area contributed by atoms with Crippen LogP contribution in [0.1, 0.15) is 112 Å². The van der Waals surface area contributed by atoms with E-state index in [0.29, 0.717) is 25.0 Å². The Morgan fingerprint density at radius 2 is 1.19 bits per heavy atom. The van der Waals surface area contributed by atoms with E-state index in [9.17, 15) is 19.8 Å². The zero-order valence-electron chi connectivity index (χ0n) is 26.0. The molecule has 234 valence electrons. The Balaban J connectivity index is 0.000000238. The maximum atomic E-state index is 12.1. The normalized spacial score (nSPS) is 11.9. The van der Waals surface area contributed by atoms with Crippen molar-refractivity contribution in [1.29, 1.82) is 0 Å². The average Bonchev–Trinajstić information content (AvgIpc) is 3.58. The van der Waals surface area contributed by atoms with Crippen molar-refractivity contribution in [2.75, 3.05) is 13.2 Å². The van der Waals surface area contributed by atoms with Crippen LogP contribution in [0.5, 0.6) is 11.5 Å². The molecule has 4 heterocycles. The minimum absolute atomic E-state index is 0.00503. The van der Waals surface area contributed by atoms with E-state index < -0.39 is 11.9 Å². The van der Waals surface area contributed by atoms with Gasteiger partial charge in [0.2, 0.25) is 0 Å². The first-order valence-electron chi connectivity index (χ1n) is 14.1. The molecule has 0 fully saturated rings. The van der Waals surface area contributed by atoms with E-state index >= 15 is 0 Å². The molecule has 0 aliphatic rings. The number of thiazole rings is 2. The molecule has 4 aromatic heterocycles. The molecule has 0 aliphatic carbocycles. The molecule has 0 atom stereocenters. The van der Waals surface area contributed by atoms with Crippen molar-refractivity contribution in [1.82, 2.24) is 19.9 Å². The van der Waals surface area contributed by atoms with Crippen LogP contribution in [0.25, 0.3) is 20.4 Å². The van der Waals surface area contributed by atoms with Crippen molar-refractivity contribution in [3.63, 3.8) is 0 Å². The molecule has 0 spiro atoms. The number of halogens is 1. The molecular formula is C30H39BrN4O6S2. The molecule has 0 saturated heterocycles. The molecule has 0 aliphatic heterocycles. The summed E-state index contributed by atoms with van der Waals surface area (Å²) < 4.78 is 11.5. The summed E-state index contributed by atoms with van der Waals surface area (Å²) in [4.78, 5) is 41.5. The molecule has 0 bridgehead atoms. The summed E-state index contributed by atoms with van der Waals surface area (Å²) in [5.41, 5.74) is 1.67. The van der Waals surface area contributed by atoms with Gasteiger partial charge in [0.15, 0.2) is 22.9 Å². The molecule has 13 heteroatoms. The van der Waals surface area contributed by atoms with Crippen molar-refractivity contribution >= 4 is 71.0 Å². The standard InChI is InChI=1S/C17H24N2O3S.C13H15BrN2O3S/c1-6-8-9-10-11-14(23-16(19-11)17(3,4)5)13(20)12(18-10)15(21)22-7-2;1-5-19-11(18)6-8(17)9-7(10(14)15-6)16-12(20-9)13(2,3)4/h20H,6-9H2,1-5H3;17H,5H2,1-4H3. The molecule has 4 aromatic rings. The summed E-state index contributed by atoms with van der Waals surface area (Å²) in [5, 5.41) is 22.5. The predicted octanol–water partition coefficient (Wildman–Crippen LogP) is 7.85. The van der Waals surface area contributed by atoms with Crippen LogP contribution in [0.15, 0.2) is 4.60 Å². The van der Waals surface area contributed by atoms with Crippen LogP contribution in [0.3, 0.4) is 0 Å². The maximum Gasteiger partial charge on any atom is 0.360 e. The first-order chi connectivity index (χ1) is 20.0. The number of carbonyl (C=O) groups excluding carboxylic acids is 2. The van der Waals surface area contributed by atoms with E-state index in [0.717, 1.165) is 35.0 Å². The number of hydrogen-bond acceptors (Lipinski definition) is 12. The number of fused-ring (bicyclic) bond motifs is 2. The van der Waals surface area contributed by atoms with Crippen LogP contribution in [0.2, 0.25) is 0 Å². The number of pyridine rings is 2. The van der Waals surface area contributed by atoms with Crippen molar-refractivity contribution in [2.24, 2.45) is 0 Å². The third kappa shape index (κ3) is 7.79. The Morgan fingerprint density at radius 3 is 1.63 bits per heavy atom. The summed E-state index contributed by atoms with van der Waals surface area (Å²) in [6, 6.07) is 0. The van der Waals surface area contributed by atoms with Gasteiger partial charge in [0.05, 0.1) is 28.9 Å². The highest BCUT2D eigenvalue weighted by atomic mass is 79.9. The monoisotopic (exact) mass is 694 g/mol. The van der Waals surface area contributed by atoms with Crippen molar-refractivity contribution in [2.45, 2.75) is 92.4 Å². The van der Waals surface area contributed by atoms with Gasteiger partial charge in [-0.2, -0.15) is 0 Å². The van der Waals surface area contributed by atoms with Crippen LogP contribution in [-0.2, 0) is 26.7 Å². The first-order valence-corrected chi connectivity index (χ1v) is 16.5. The lowest BCUT2D eigenvalue weighted by atomic mass is 9.98. The van der Waals surface area contributed by atoms with Gasteiger partial charge in [0.25, 0.3) is 0 Å². The zero-order chi connectivity index (χ0) is 32.3. The number of aromatic nitrogens is 4. The summed E-state index contributed by atoms with van der Waals surface area (Å²) >= 11 is 6.07. The van der Waals surface area contributed by atoms with Gasteiger partial charge in [-0.15, -0.1) is 22.7 Å². The fourth-order valence-corrected chi connectivity index (χ4v) is 6.55. The Labute approximate surface area is 268 Å². The highest BCUT2D eigenvalue weighted by molar-refractivity contribution is 9.10. The molecule has 0 unspecified atom stereocenters. The van der Waals surface area contributed by atoms with Crippen LogP contribution < -0.4 is 0 Å². The van der Waals surface area contributed by atoms with Gasteiger partial charge >= 0.3 is 11.9 Å². The Kier molecular flexibility index (Phi) is 11.1. The number of nitrogens with zero attached hydrogens (tertiary/aromatic N) is 4. The molecule has 2 N–H and O–H groups in total. The Morgan fingerprint density at radius 1 is 0.744 bits per heavy atom. The van der Waals surface area contributed by atoms with Crippen LogP contribution in [0, 0.1) is 0 Å². The molecule has 10 nitrogen and oxygen atoms in total. The van der Waals surface area contributed by atoms with E-state index in [-0.39, 0.29) is 46.9 Å². The van der Waals surface area contributed by atoms with Gasteiger partial charge in [-0.1, -0.05) is 54.9 Å². The second kappa shape index (κ2) is 13.8. The number of hydrogen-bond donors (Lipinski definition) is 2. The Hall–Kier alpha value is -2.90. The van der Waals surface area contributed by atoms with E-state index in [4.69, 9.17) is 9.47 Å². The van der Waals surface area contributed by atoms with Crippen LogP contribution in [-0.4, -0.2) is 55.3 Å². The van der Waals surface area contributed by atoms with E-state index in [2.05, 4.69) is 63.6 Å². The van der Waals surface area contributed by atoms with Crippen LogP contribution in [0.4, 0.5) is 0 Å². The quantitative estimate of drug-likeness (QED) is 0.145. The predicted molar refractivity (Wildman–Crippen MR) is 174 cm³/mol. The van der Waals surface area contributed by atoms with Gasteiger partial charge in [-0.25, -0.2) is 29.5 Å². The highest BCUT2D eigenvalue weighted by Crippen LogP contribution is 2.40. The highest BCUT2D eigenvalue weighted by Gasteiger charge is 2.27. The zero-order valence-corrected chi connectivity index (χ0v) is 29.3. The lowest BCUT2D eigenvalue weighted by molar-refractivity contribution is 0.0506. The second-order valence-electron chi connectivity index (χ2n) is 11.8. The SMILES string of the molecule is CCCCc1nc(C(=O)OCC)c(O)c2sc(C(C)(C)C)nc12.CCOC(=O)c1nc(Br)c2nc(C(C)(C)C)sc2c1O. The average molecular weight is 696 g/mol. The summed E-state index contributed by atoms with van der Waals surface area (Å²) in [6.45, 7) is 18.4. The van der Waals surface area contributed by atoms with Crippen molar-refractivity contribution in [3.05, 3.63) is 31.7 Å². The second-order valence-corrected chi connectivity index (χ2v) is 14.5. The van der Waals surface area contributed by atoms with Gasteiger partial charge in [0, 0.05) is 10.8 Å². The number of carbonyl (C=O) groups is 2. The van der Waals surface area contributed by atoms with Crippen LogP contribution >= 0.6 is 38.6 Å². The topological polar surface area (TPSA) is 145 Å². The van der Waals surface area contributed by atoms with Gasteiger partial charge in [-0.3, -0.25) is 0 Å². The number of unbranched alkanes of at least 4 members (excludes halogenated alkanes) is 1. The lowest BCUT2D eigenvalue weighted by Gasteiger charge is -2.13. The van der Waals surface area contributed by atoms with E-state index in [1.807, 2.05) is 20.8 Å². The maximum absolute atomic E-state index is 12.1. The smallest absolute Gasteiger partial charge is 0.360 e. The fourth-order valence-electron chi connectivity index (χ4n) is 3.80. The van der Waals surface area contributed by atoms with Gasteiger partial charge in [0.1, 0.15) is 25.0 Å². The third-order valence-corrected chi connectivity index (χ3v) is 9.57. The molecule has 4 rings (SSSR count). The number of rotatable bonds is 7. The first kappa shape index (κ1) is 34.6. The number of ether oxygens (including phenoxy) is 2. The number of esters is 2. The lowest BCUT2D eigenvalue weighted by Crippen LogP contribution is -2.10. The van der Waals surface area contributed by atoms with Gasteiger partial charge < -0.3 is 19.7 Å². The minimum Gasteiger partial charge on any atom is -0.504 e. The minimum atomic E-state index is -0.640. The molecule has 0 radical (unpaired) electrons. The fraction of sp³-hybridized carbons (Fsp3) is 0.533. The number of aryl methyl sites for hydroxylation is 1. The van der Waals surface area contributed by atoms with E-state index in [1.165, 1.54) is 22.7 Å². The Bertz CT molecular complexity index is 1640. The third-order valence-electron chi connectivity index (χ3n) is 6.05. The summed E-state index contributed by atoms with van der Waals surface area (Å²) in [5.74, 6) is -1.52. The van der Waals surface area contributed by atoms with E-state index in [1.54, 1.807) is 13.8 Å². The van der Waals surface area contributed by atoms with Crippen molar-refractivity contribution < 1.29 is 29.3 Å². The van der Waals surface area contributed by atoms with Gasteiger partial charge in [-0.05, 0) is 42.6 Å². The summed E-state index contributed by atoms with van der Waals surface area (Å²) in [7, 11) is 0. The summed E-state index contributed by atoms with van der Waals surface area (Å²) in [6.07, 6.45) is 2.71.